The van der Waals surface area contributed by atoms with Gasteiger partial charge in [-0.3, -0.25) is 0 Å². The summed E-state index contributed by atoms with van der Waals surface area (Å²) in [6.07, 6.45) is 0. The van der Waals surface area contributed by atoms with Gasteiger partial charge in [-0.2, -0.15) is 0 Å². The third kappa shape index (κ3) is 2.48. The predicted octanol–water partition coefficient (Wildman–Crippen LogP) is 3.65. The van der Waals surface area contributed by atoms with Crippen LogP contribution in [0.25, 0.3) is 0 Å². The molecule has 2 aromatic rings. The zero-order valence-electron chi connectivity index (χ0n) is 11.0. The summed E-state index contributed by atoms with van der Waals surface area (Å²) in [6, 6.07) is 4.57. The van der Waals surface area contributed by atoms with Crippen LogP contribution in [0.15, 0.2) is 23.6 Å². The molecule has 0 aliphatic heterocycles. The molecule has 0 radical (unpaired) electrons. The lowest BCUT2D eigenvalue weighted by Crippen LogP contribution is -2.19. The number of aryl methyl sites for hydroxylation is 1. The van der Waals surface area contributed by atoms with Gasteiger partial charge in [0.1, 0.15) is 5.75 Å². The number of methoxy groups -OCH3 is 1. The lowest BCUT2D eigenvalue weighted by Gasteiger charge is -2.18. The van der Waals surface area contributed by atoms with Crippen LogP contribution in [0.5, 0.6) is 5.75 Å². The smallest absolute Gasteiger partial charge is 0.164 e. The average Bonchev–Trinajstić information content (AvgIpc) is 2.88. The summed E-state index contributed by atoms with van der Waals surface area (Å²) in [5, 5.41) is 4.87. The van der Waals surface area contributed by atoms with Gasteiger partial charge in [-0.15, -0.1) is 11.3 Å². The van der Waals surface area contributed by atoms with E-state index in [0.717, 1.165) is 4.88 Å². The third-order valence-corrected chi connectivity index (χ3v) is 4.01. The lowest BCUT2D eigenvalue weighted by atomic mass is 10.0. The molecule has 0 saturated carbocycles. The Bertz CT molecular complexity index is 583. The number of benzene rings is 1. The van der Waals surface area contributed by atoms with Gasteiger partial charge in [0.15, 0.2) is 11.6 Å². The zero-order chi connectivity index (χ0) is 14.0. The fraction of sp³-hybridized carbons (Fsp3) is 0.286. The largest absolute Gasteiger partial charge is 0.496 e. The van der Waals surface area contributed by atoms with E-state index in [-0.39, 0.29) is 5.56 Å². The van der Waals surface area contributed by atoms with Gasteiger partial charge >= 0.3 is 0 Å². The normalized spacial score (nSPS) is 12.5. The Kier molecular flexibility index (Phi) is 4.17. The molecular formula is C14H15F2NOS. The molecule has 5 heteroatoms. The lowest BCUT2D eigenvalue weighted by molar-refractivity contribution is 0.407. The summed E-state index contributed by atoms with van der Waals surface area (Å²) in [4.78, 5) is 0.826. The highest BCUT2D eigenvalue weighted by atomic mass is 32.1. The first-order valence-electron chi connectivity index (χ1n) is 5.83. The first-order chi connectivity index (χ1) is 9.10. The molecule has 1 heterocycles. The molecule has 2 rings (SSSR count). The third-order valence-electron chi connectivity index (χ3n) is 3.04. The second-order valence-corrected chi connectivity index (χ2v) is 5.12. The molecule has 1 atom stereocenters. The van der Waals surface area contributed by atoms with Crippen molar-refractivity contribution in [2.75, 3.05) is 14.2 Å². The Morgan fingerprint density at radius 3 is 2.58 bits per heavy atom. The maximum absolute atomic E-state index is 14.1. The molecule has 1 aromatic heterocycles. The van der Waals surface area contributed by atoms with E-state index < -0.39 is 17.7 Å². The van der Waals surface area contributed by atoms with Crippen LogP contribution in [0.1, 0.15) is 22.0 Å². The molecule has 0 saturated heterocycles. The molecule has 19 heavy (non-hydrogen) atoms. The van der Waals surface area contributed by atoms with Crippen molar-refractivity contribution in [2.45, 2.75) is 13.0 Å². The summed E-state index contributed by atoms with van der Waals surface area (Å²) in [5.74, 6) is -0.937. The maximum atomic E-state index is 14.1. The highest BCUT2D eigenvalue weighted by Gasteiger charge is 2.23. The number of hydrogen-bond acceptors (Lipinski definition) is 3. The molecule has 0 fully saturated rings. The topological polar surface area (TPSA) is 21.3 Å². The number of hydrogen-bond donors (Lipinski definition) is 1. The molecule has 0 spiro atoms. The first kappa shape index (κ1) is 14.0. The summed E-state index contributed by atoms with van der Waals surface area (Å²) < 4.78 is 33.0. The van der Waals surface area contributed by atoms with Gasteiger partial charge in [0, 0.05) is 5.56 Å². The van der Waals surface area contributed by atoms with Crippen molar-refractivity contribution in [3.63, 3.8) is 0 Å². The molecule has 0 aliphatic carbocycles. The Balaban J connectivity index is 2.52. The van der Waals surface area contributed by atoms with Crippen LogP contribution < -0.4 is 10.1 Å². The number of rotatable bonds is 4. The molecule has 102 valence electrons. The van der Waals surface area contributed by atoms with Crippen LogP contribution >= 0.6 is 11.3 Å². The van der Waals surface area contributed by atoms with E-state index in [2.05, 4.69) is 5.32 Å². The monoisotopic (exact) mass is 283 g/mol. The van der Waals surface area contributed by atoms with E-state index in [4.69, 9.17) is 4.74 Å². The summed E-state index contributed by atoms with van der Waals surface area (Å²) in [7, 11) is 3.27. The minimum atomic E-state index is -0.810. The highest BCUT2D eigenvalue weighted by Crippen LogP contribution is 2.36. The highest BCUT2D eigenvalue weighted by molar-refractivity contribution is 7.10. The van der Waals surface area contributed by atoms with Crippen molar-refractivity contribution in [3.05, 3.63) is 51.2 Å². The number of halogens is 2. The van der Waals surface area contributed by atoms with Crippen molar-refractivity contribution in [2.24, 2.45) is 0 Å². The Labute approximate surface area is 115 Å². The van der Waals surface area contributed by atoms with E-state index in [0.29, 0.717) is 11.3 Å². The van der Waals surface area contributed by atoms with Crippen LogP contribution in [0.3, 0.4) is 0 Å². The minimum Gasteiger partial charge on any atom is -0.496 e. The fourth-order valence-corrected chi connectivity index (χ4v) is 2.99. The fourth-order valence-electron chi connectivity index (χ4n) is 2.00. The Hall–Kier alpha value is -1.46. The van der Waals surface area contributed by atoms with Crippen molar-refractivity contribution in [1.82, 2.24) is 5.32 Å². The standard InChI is InChI=1S/C14H15F2NOS/c1-8-4-5-9(12(16)11(8)15)13(17-2)14-10(18-3)6-7-19-14/h4-7,13,17H,1-3H3. The van der Waals surface area contributed by atoms with E-state index in [1.165, 1.54) is 11.3 Å². The van der Waals surface area contributed by atoms with E-state index >= 15 is 0 Å². The van der Waals surface area contributed by atoms with Gasteiger partial charge in [-0.05, 0) is 31.0 Å². The van der Waals surface area contributed by atoms with Crippen LogP contribution in [-0.2, 0) is 0 Å². The van der Waals surface area contributed by atoms with Gasteiger partial charge in [0.25, 0.3) is 0 Å². The molecule has 2 nitrogen and oxygen atoms in total. The van der Waals surface area contributed by atoms with Gasteiger partial charge < -0.3 is 10.1 Å². The average molecular weight is 283 g/mol. The van der Waals surface area contributed by atoms with E-state index in [9.17, 15) is 8.78 Å². The number of nitrogens with one attached hydrogen (secondary N) is 1. The molecule has 1 aromatic carbocycles. The molecule has 0 amide bonds. The van der Waals surface area contributed by atoms with Gasteiger partial charge in [-0.1, -0.05) is 12.1 Å². The SMILES string of the molecule is CNC(c1ccc(C)c(F)c1F)c1sccc1OC. The zero-order valence-corrected chi connectivity index (χ0v) is 11.8. The molecule has 0 aliphatic rings. The van der Waals surface area contributed by atoms with Crippen molar-refractivity contribution < 1.29 is 13.5 Å². The second-order valence-electron chi connectivity index (χ2n) is 4.17. The molecule has 1 unspecified atom stereocenters. The van der Waals surface area contributed by atoms with Gasteiger partial charge in [-0.25, -0.2) is 8.78 Å². The summed E-state index contributed by atoms with van der Waals surface area (Å²) in [5.41, 5.74) is 0.584. The van der Waals surface area contributed by atoms with Crippen LogP contribution in [0.4, 0.5) is 8.78 Å². The molecule has 0 bridgehead atoms. The number of thiophene rings is 1. The number of ether oxygens (including phenoxy) is 1. The molecular weight excluding hydrogens is 268 g/mol. The maximum Gasteiger partial charge on any atom is 0.164 e. The first-order valence-corrected chi connectivity index (χ1v) is 6.71. The van der Waals surface area contributed by atoms with Crippen LogP contribution in [-0.4, -0.2) is 14.2 Å². The Morgan fingerprint density at radius 2 is 1.95 bits per heavy atom. The van der Waals surface area contributed by atoms with Crippen molar-refractivity contribution >= 4 is 11.3 Å². The Morgan fingerprint density at radius 1 is 1.21 bits per heavy atom. The quantitative estimate of drug-likeness (QED) is 0.924. The summed E-state index contributed by atoms with van der Waals surface area (Å²) >= 11 is 1.44. The van der Waals surface area contributed by atoms with Gasteiger partial charge in [0.05, 0.1) is 18.0 Å². The van der Waals surface area contributed by atoms with E-state index in [1.54, 1.807) is 33.2 Å². The van der Waals surface area contributed by atoms with Gasteiger partial charge in [0.2, 0.25) is 0 Å². The van der Waals surface area contributed by atoms with Crippen LogP contribution in [0, 0.1) is 18.6 Å². The van der Waals surface area contributed by atoms with Crippen molar-refractivity contribution in [1.29, 1.82) is 0 Å². The molecule has 1 N–H and O–H groups in total. The van der Waals surface area contributed by atoms with E-state index in [1.807, 2.05) is 11.4 Å². The summed E-state index contributed by atoms with van der Waals surface area (Å²) in [6.45, 7) is 1.54. The van der Waals surface area contributed by atoms with Crippen LogP contribution in [0.2, 0.25) is 0 Å². The second kappa shape index (κ2) is 5.67. The van der Waals surface area contributed by atoms with Crippen molar-refractivity contribution in [3.8, 4) is 5.75 Å². The minimum absolute atomic E-state index is 0.284. The predicted molar refractivity (Wildman–Crippen MR) is 72.9 cm³/mol.